The molecule has 0 amide bonds. The van der Waals surface area contributed by atoms with Gasteiger partial charge in [0.15, 0.2) is 0 Å². The lowest BCUT2D eigenvalue weighted by atomic mass is 10.1. The first-order valence-electron chi connectivity index (χ1n) is 9.42. The maximum atomic E-state index is 12.0. The van der Waals surface area contributed by atoms with Gasteiger partial charge in [-0.2, -0.15) is 5.26 Å². The number of ether oxygens (including phenoxy) is 1. The molecule has 0 saturated heterocycles. The Bertz CT molecular complexity index is 1240. The van der Waals surface area contributed by atoms with E-state index in [1.807, 2.05) is 56.3 Å². The van der Waals surface area contributed by atoms with Gasteiger partial charge in [0.25, 0.3) is 0 Å². The number of nitriles is 1. The first-order chi connectivity index (χ1) is 14.5. The molecule has 4 aromatic rings. The summed E-state index contributed by atoms with van der Waals surface area (Å²) in [5.41, 5.74) is 2.63. The van der Waals surface area contributed by atoms with E-state index in [0.29, 0.717) is 27.7 Å². The molecule has 0 bridgehead atoms. The lowest BCUT2D eigenvalue weighted by molar-refractivity contribution is 0.0378. The van der Waals surface area contributed by atoms with Crippen LogP contribution >= 0.6 is 11.3 Å². The highest BCUT2D eigenvalue weighted by atomic mass is 32.1. The van der Waals surface area contributed by atoms with Crippen LogP contribution in [0.4, 0.5) is 0 Å². The van der Waals surface area contributed by atoms with Crippen LogP contribution in [0, 0.1) is 11.3 Å². The number of carbonyl (C=O) groups is 1. The van der Waals surface area contributed by atoms with Gasteiger partial charge in [-0.05, 0) is 50.2 Å². The van der Waals surface area contributed by atoms with Crippen LogP contribution in [0.15, 0.2) is 65.1 Å². The van der Waals surface area contributed by atoms with Crippen LogP contribution in [0.3, 0.4) is 0 Å². The molecule has 30 heavy (non-hydrogen) atoms. The molecule has 0 radical (unpaired) electrons. The van der Waals surface area contributed by atoms with Crippen molar-refractivity contribution in [3.8, 4) is 17.4 Å². The van der Waals surface area contributed by atoms with Crippen LogP contribution in [0.25, 0.3) is 33.2 Å². The second kappa shape index (κ2) is 8.36. The minimum atomic E-state index is -0.353. The lowest BCUT2D eigenvalue weighted by Gasteiger charge is -2.07. The molecule has 0 fully saturated rings. The van der Waals surface area contributed by atoms with Gasteiger partial charge in [-0.15, -0.1) is 11.3 Å². The SMILES string of the molecule is CC(C)OC(=O)c1ccc(-c2ccc(/C=C(\C#N)c3nc4ccccc4s3)o2)cc1. The summed E-state index contributed by atoms with van der Waals surface area (Å²) >= 11 is 1.47. The van der Waals surface area contributed by atoms with E-state index in [0.717, 1.165) is 15.8 Å². The second-order valence-electron chi connectivity index (χ2n) is 6.89. The van der Waals surface area contributed by atoms with Gasteiger partial charge in [0.05, 0.1) is 27.5 Å². The molecule has 0 saturated carbocycles. The minimum absolute atomic E-state index is 0.165. The van der Waals surface area contributed by atoms with E-state index in [-0.39, 0.29) is 12.1 Å². The average molecular weight is 414 g/mol. The molecule has 0 spiro atoms. The van der Waals surface area contributed by atoms with Crippen LogP contribution in [-0.2, 0) is 4.74 Å². The van der Waals surface area contributed by atoms with E-state index in [1.54, 1.807) is 24.3 Å². The van der Waals surface area contributed by atoms with Gasteiger partial charge in [-0.3, -0.25) is 0 Å². The zero-order valence-electron chi connectivity index (χ0n) is 16.5. The van der Waals surface area contributed by atoms with Gasteiger partial charge in [-0.25, -0.2) is 9.78 Å². The van der Waals surface area contributed by atoms with E-state index in [4.69, 9.17) is 9.15 Å². The summed E-state index contributed by atoms with van der Waals surface area (Å²) in [6.45, 7) is 3.63. The summed E-state index contributed by atoms with van der Waals surface area (Å²) in [6.07, 6.45) is 1.52. The number of fused-ring (bicyclic) bond motifs is 1. The van der Waals surface area contributed by atoms with E-state index in [9.17, 15) is 10.1 Å². The summed E-state index contributed by atoms with van der Waals surface area (Å²) in [6, 6.07) is 20.7. The van der Waals surface area contributed by atoms with Crippen molar-refractivity contribution in [1.82, 2.24) is 4.98 Å². The largest absolute Gasteiger partial charge is 0.459 e. The van der Waals surface area contributed by atoms with Gasteiger partial charge < -0.3 is 9.15 Å². The zero-order valence-corrected chi connectivity index (χ0v) is 17.3. The molecular weight excluding hydrogens is 396 g/mol. The number of rotatable bonds is 5. The number of hydrogen-bond donors (Lipinski definition) is 0. The van der Waals surface area contributed by atoms with E-state index in [1.165, 1.54) is 11.3 Å². The van der Waals surface area contributed by atoms with E-state index >= 15 is 0 Å². The number of hydrogen-bond acceptors (Lipinski definition) is 6. The third-order valence-corrected chi connectivity index (χ3v) is 5.38. The monoisotopic (exact) mass is 414 g/mol. The molecular formula is C24H18N2O3S. The second-order valence-corrected chi connectivity index (χ2v) is 7.92. The fraction of sp³-hybridized carbons (Fsp3) is 0.125. The number of benzene rings is 2. The number of para-hydroxylation sites is 1. The Hall–Kier alpha value is -3.69. The first-order valence-corrected chi connectivity index (χ1v) is 10.2. The van der Waals surface area contributed by atoms with Gasteiger partial charge in [-0.1, -0.05) is 24.3 Å². The summed E-state index contributed by atoms with van der Waals surface area (Å²) < 4.78 is 12.1. The summed E-state index contributed by atoms with van der Waals surface area (Å²) in [4.78, 5) is 16.5. The van der Waals surface area contributed by atoms with Crippen molar-refractivity contribution in [3.05, 3.63) is 77.0 Å². The number of aromatic nitrogens is 1. The van der Waals surface area contributed by atoms with Crippen molar-refractivity contribution in [2.75, 3.05) is 0 Å². The summed E-state index contributed by atoms with van der Waals surface area (Å²) in [5.74, 6) is 0.852. The van der Waals surface area contributed by atoms with E-state index < -0.39 is 0 Å². The molecule has 2 heterocycles. The topological polar surface area (TPSA) is 76.1 Å². The van der Waals surface area contributed by atoms with Gasteiger partial charge in [0, 0.05) is 11.6 Å². The quantitative estimate of drug-likeness (QED) is 0.288. The molecule has 6 heteroatoms. The number of allylic oxidation sites excluding steroid dienone is 1. The standard InChI is InChI=1S/C24H18N2O3S/c1-15(2)28-24(27)17-9-7-16(8-10-17)21-12-11-19(29-21)13-18(14-25)23-26-20-5-3-4-6-22(20)30-23/h3-13,15H,1-2H3/b18-13+. The van der Waals surface area contributed by atoms with Gasteiger partial charge in [0.2, 0.25) is 0 Å². The Morgan fingerprint density at radius 2 is 1.90 bits per heavy atom. The van der Waals surface area contributed by atoms with Crippen LogP contribution in [-0.4, -0.2) is 17.1 Å². The minimum Gasteiger partial charge on any atom is -0.459 e. The highest BCUT2D eigenvalue weighted by Gasteiger charge is 2.12. The highest BCUT2D eigenvalue weighted by Crippen LogP contribution is 2.29. The highest BCUT2D eigenvalue weighted by molar-refractivity contribution is 7.19. The third kappa shape index (κ3) is 4.17. The third-order valence-electron chi connectivity index (χ3n) is 4.31. The molecule has 2 aromatic carbocycles. The first kappa shape index (κ1) is 19.6. The van der Waals surface area contributed by atoms with Crippen molar-refractivity contribution in [2.24, 2.45) is 0 Å². The predicted molar refractivity (Wildman–Crippen MR) is 118 cm³/mol. The zero-order chi connectivity index (χ0) is 21.1. The lowest BCUT2D eigenvalue weighted by Crippen LogP contribution is -2.11. The Balaban J connectivity index is 1.57. The van der Waals surface area contributed by atoms with Crippen molar-refractivity contribution in [1.29, 1.82) is 5.26 Å². The predicted octanol–water partition coefficient (Wildman–Crippen LogP) is 6.19. The molecule has 2 aromatic heterocycles. The molecule has 4 rings (SSSR count). The van der Waals surface area contributed by atoms with Crippen molar-refractivity contribution >= 4 is 39.2 Å². The van der Waals surface area contributed by atoms with Crippen LogP contribution < -0.4 is 0 Å². The molecule has 0 aliphatic carbocycles. The average Bonchev–Trinajstić information content (AvgIpc) is 3.38. The molecule has 0 aliphatic heterocycles. The molecule has 148 valence electrons. The Morgan fingerprint density at radius 3 is 2.60 bits per heavy atom. The Morgan fingerprint density at radius 1 is 1.13 bits per heavy atom. The number of esters is 1. The molecule has 0 N–H and O–H groups in total. The molecule has 5 nitrogen and oxygen atoms in total. The normalized spacial score (nSPS) is 11.6. The summed E-state index contributed by atoms with van der Waals surface area (Å²) in [7, 11) is 0. The maximum Gasteiger partial charge on any atom is 0.338 e. The van der Waals surface area contributed by atoms with Crippen LogP contribution in [0.1, 0.15) is 35.0 Å². The summed E-state index contributed by atoms with van der Waals surface area (Å²) in [5, 5.41) is 10.3. The Labute approximate surface area is 177 Å². The van der Waals surface area contributed by atoms with Crippen molar-refractivity contribution in [2.45, 2.75) is 20.0 Å². The fourth-order valence-corrected chi connectivity index (χ4v) is 3.84. The Kier molecular flexibility index (Phi) is 5.46. The maximum absolute atomic E-state index is 12.0. The van der Waals surface area contributed by atoms with Gasteiger partial charge >= 0.3 is 5.97 Å². The van der Waals surface area contributed by atoms with Crippen molar-refractivity contribution in [3.63, 3.8) is 0 Å². The van der Waals surface area contributed by atoms with Crippen LogP contribution in [0.2, 0.25) is 0 Å². The number of thiazole rings is 1. The fourth-order valence-electron chi connectivity index (χ4n) is 2.91. The van der Waals surface area contributed by atoms with E-state index in [2.05, 4.69) is 11.1 Å². The van der Waals surface area contributed by atoms with Gasteiger partial charge in [0.1, 0.15) is 22.6 Å². The molecule has 0 unspecified atom stereocenters. The van der Waals surface area contributed by atoms with Crippen molar-refractivity contribution < 1.29 is 13.9 Å². The molecule has 0 atom stereocenters. The van der Waals surface area contributed by atoms with Crippen LogP contribution in [0.5, 0.6) is 0 Å². The number of carbonyl (C=O) groups excluding carboxylic acids is 1. The number of nitrogens with zero attached hydrogens (tertiary/aromatic N) is 2. The molecule has 0 aliphatic rings. The smallest absolute Gasteiger partial charge is 0.338 e. The number of furan rings is 1.